The van der Waals surface area contributed by atoms with Crippen molar-refractivity contribution in [2.24, 2.45) is 5.73 Å². The van der Waals surface area contributed by atoms with Crippen molar-refractivity contribution in [3.8, 4) is 0 Å². The summed E-state index contributed by atoms with van der Waals surface area (Å²) in [4.78, 5) is 26.6. The summed E-state index contributed by atoms with van der Waals surface area (Å²) in [6, 6.07) is 10.8. The van der Waals surface area contributed by atoms with Gasteiger partial charge in [0.15, 0.2) is 0 Å². The van der Waals surface area contributed by atoms with Gasteiger partial charge in [0.25, 0.3) is 5.56 Å². The van der Waals surface area contributed by atoms with Crippen molar-refractivity contribution < 1.29 is 0 Å². The second kappa shape index (κ2) is 7.44. The van der Waals surface area contributed by atoms with Crippen LogP contribution in [0.2, 0.25) is 0 Å². The Morgan fingerprint density at radius 1 is 1.10 bits per heavy atom. The summed E-state index contributed by atoms with van der Waals surface area (Å²) >= 11 is 0. The summed E-state index contributed by atoms with van der Waals surface area (Å²) in [5.74, 6) is 0.398. The molecule has 0 bridgehead atoms. The first kappa shape index (κ1) is 15.1. The van der Waals surface area contributed by atoms with Crippen LogP contribution in [0.1, 0.15) is 19.3 Å². The molecule has 0 fully saturated rings. The number of anilines is 2. The van der Waals surface area contributed by atoms with Crippen LogP contribution in [0.4, 0.5) is 11.5 Å². The predicted octanol–water partition coefficient (Wildman–Crippen LogP) is 1.41. The molecule has 0 spiro atoms. The minimum atomic E-state index is -0.395. The standard InChI is InChI=1S/C15H20N4O2/c16-9-5-2-6-10-19-14(20)11-13(18-15(19)21)17-12-7-3-1-4-8-12/h1,3-4,7-8,11,17H,2,5-6,9-10,16H2,(H,18,21). The number of unbranched alkanes of at least 4 members (excludes halogenated alkanes) is 2. The molecule has 1 aromatic heterocycles. The van der Waals surface area contributed by atoms with Crippen LogP contribution in [0.25, 0.3) is 0 Å². The molecule has 0 aliphatic rings. The third-order valence-corrected chi connectivity index (χ3v) is 3.16. The van der Waals surface area contributed by atoms with Crippen molar-refractivity contribution in [2.75, 3.05) is 11.9 Å². The van der Waals surface area contributed by atoms with Crippen LogP contribution in [0.3, 0.4) is 0 Å². The van der Waals surface area contributed by atoms with E-state index in [0.717, 1.165) is 24.9 Å². The molecule has 0 saturated heterocycles. The molecule has 21 heavy (non-hydrogen) atoms. The lowest BCUT2D eigenvalue weighted by atomic mass is 10.2. The molecular formula is C15H20N4O2. The van der Waals surface area contributed by atoms with Crippen LogP contribution in [0.15, 0.2) is 46.0 Å². The summed E-state index contributed by atoms with van der Waals surface area (Å²) in [5, 5.41) is 3.00. The van der Waals surface area contributed by atoms with Crippen molar-refractivity contribution in [3.63, 3.8) is 0 Å². The quantitative estimate of drug-likeness (QED) is 0.672. The molecule has 2 rings (SSSR count). The molecule has 0 aliphatic carbocycles. The summed E-state index contributed by atoms with van der Waals surface area (Å²) < 4.78 is 1.21. The van der Waals surface area contributed by atoms with Crippen molar-refractivity contribution in [2.45, 2.75) is 25.8 Å². The average Bonchev–Trinajstić information content (AvgIpc) is 2.47. The lowest BCUT2D eigenvalue weighted by molar-refractivity contribution is 0.557. The van der Waals surface area contributed by atoms with Crippen molar-refractivity contribution in [1.29, 1.82) is 0 Å². The van der Waals surface area contributed by atoms with E-state index in [0.29, 0.717) is 18.9 Å². The Bertz CT molecular complexity index is 645. The van der Waals surface area contributed by atoms with Crippen LogP contribution in [-0.2, 0) is 6.54 Å². The van der Waals surface area contributed by atoms with Gasteiger partial charge in [-0.15, -0.1) is 0 Å². The Kier molecular flexibility index (Phi) is 5.34. The number of benzene rings is 1. The Morgan fingerprint density at radius 2 is 1.86 bits per heavy atom. The second-order valence-corrected chi connectivity index (χ2v) is 4.82. The molecule has 0 amide bonds. The number of nitrogens with one attached hydrogen (secondary N) is 2. The molecule has 112 valence electrons. The number of nitrogens with zero attached hydrogens (tertiary/aromatic N) is 1. The molecule has 4 N–H and O–H groups in total. The van der Waals surface area contributed by atoms with Crippen LogP contribution in [0.5, 0.6) is 0 Å². The summed E-state index contributed by atoms with van der Waals surface area (Å²) in [5.41, 5.74) is 5.53. The maximum Gasteiger partial charge on any atom is 0.329 e. The van der Waals surface area contributed by atoms with Crippen molar-refractivity contribution in [3.05, 3.63) is 57.2 Å². The fourth-order valence-electron chi connectivity index (χ4n) is 2.07. The van der Waals surface area contributed by atoms with Crippen LogP contribution >= 0.6 is 0 Å². The molecule has 0 atom stereocenters. The third kappa shape index (κ3) is 4.32. The van der Waals surface area contributed by atoms with Gasteiger partial charge in [-0.25, -0.2) is 4.79 Å². The number of aromatic nitrogens is 2. The van der Waals surface area contributed by atoms with Gasteiger partial charge in [0, 0.05) is 18.3 Å². The SMILES string of the molecule is NCCCCCn1c(=O)cc(Nc2ccccc2)[nH]c1=O. The summed E-state index contributed by atoms with van der Waals surface area (Å²) in [6.07, 6.45) is 2.58. The van der Waals surface area contributed by atoms with Gasteiger partial charge in [-0.2, -0.15) is 0 Å². The third-order valence-electron chi connectivity index (χ3n) is 3.16. The van der Waals surface area contributed by atoms with E-state index in [1.54, 1.807) is 0 Å². The van der Waals surface area contributed by atoms with Crippen LogP contribution in [0, 0.1) is 0 Å². The minimum Gasteiger partial charge on any atom is -0.342 e. The number of hydrogen-bond donors (Lipinski definition) is 3. The fourth-order valence-corrected chi connectivity index (χ4v) is 2.07. The number of para-hydroxylation sites is 1. The van der Waals surface area contributed by atoms with Gasteiger partial charge in [-0.1, -0.05) is 24.6 Å². The molecule has 1 aromatic carbocycles. The normalized spacial score (nSPS) is 10.5. The van der Waals surface area contributed by atoms with Gasteiger partial charge >= 0.3 is 5.69 Å². The van der Waals surface area contributed by atoms with E-state index in [1.807, 2.05) is 30.3 Å². The highest BCUT2D eigenvalue weighted by atomic mass is 16.2. The molecule has 0 unspecified atom stereocenters. The van der Waals surface area contributed by atoms with E-state index in [-0.39, 0.29) is 5.56 Å². The zero-order valence-electron chi connectivity index (χ0n) is 11.8. The predicted molar refractivity (Wildman–Crippen MR) is 84.0 cm³/mol. The number of nitrogens with two attached hydrogens (primary N) is 1. The summed E-state index contributed by atoms with van der Waals surface area (Å²) in [6.45, 7) is 1.05. The van der Waals surface area contributed by atoms with Gasteiger partial charge in [0.2, 0.25) is 0 Å². The zero-order chi connectivity index (χ0) is 15.1. The largest absolute Gasteiger partial charge is 0.342 e. The molecular weight excluding hydrogens is 268 g/mol. The number of H-pyrrole nitrogens is 1. The fraction of sp³-hybridized carbons (Fsp3) is 0.333. The molecule has 2 aromatic rings. The zero-order valence-corrected chi connectivity index (χ0v) is 11.8. The van der Waals surface area contributed by atoms with E-state index in [2.05, 4.69) is 10.3 Å². The van der Waals surface area contributed by atoms with Gasteiger partial charge in [-0.3, -0.25) is 14.3 Å². The Balaban J connectivity index is 2.10. The first-order valence-electron chi connectivity index (χ1n) is 7.07. The van der Waals surface area contributed by atoms with E-state index >= 15 is 0 Å². The molecule has 6 nitrogen and oxygen atoms in total. The highest BCUT2D eigenvalue weighted by Crippen LogP contribution is 2.10. The van der Waals surface area contributed by atoms with Gasteiger partial charge in [0.1, 0.15) is 5.82 Å². The maximum atomic E-state index is 12.0. The topological polar surface area (TPSA) is 92.9 Å². The highest BCUT2D eigenvalue weighted by molar-refractivity contribution is 5.54. The smallest absolute Gasteiger partial charge is 0.329 e. The van der Waals surface area contributed by atoms with E-state index in [1.165, 1.54) is 10.6 Å². The molecule has 0 saturated carbocycles. The van der Waals surface area contributed by atoms with Crippen molar-refractivity contribution in [1.82, 2.24) is 9.55 Å². The van der Waals surface area contributed by atoms with Gasteiger partial charge in [0.05, 0.1) is 0 Å². The highest BCUT2D eigenvalue weighted by Gasteiger charge is 2.04. The first-order chi connectivity index (χ1) is 10.2. The number of hydrogen-bond acceptors (Lipinski definition) is 4. The molecule has 0 aliphatic heterocycles. The van der Waals surface area contributed by atoms with Crippen LogP contribution in [-0.4, -0.2) is 16.1 Å². The van der Waals surface area contributed by atoms with Crippen LogP contribution < -0.4 is 22.3 Å². The first-order valence-corrected chi connectivity index (χ1v) is 7.07. The Morgan fingerprint density at radius 3 is 2.52 bits per heavy atom. The minimum absolute atomic E-state index is 0.301. The molecule has 6 heteroatoms. The van der Waals surface area contributed by atoms with E-state index < -0.39 is 5.69 Å². The Labute approximate surface area is 122 Å². The molecule has 1 heterocycles. The monoisotopic (exact) mass is 288 g/mol. The van der Waals surface area contributed by atoms with E-state index in [9.17, 15) is 9.59 Å². The van der Waals surface area contributed by atoms with E-state index in [4.69, 9.17) is 5.73 Å². The second-order valence-electron chi connectivity index (χ2n) is 4.82. The average molecular weight is 288 g/mol. The summed E-state index contributed by atoms with van der Waals surface area (Å²) in [7, 11) is 0. The number of aromatic amines is 1. The number of rotatable bonds is 7. The molecule has 0 radical (unpaired) electrons. The van der Waals surface area contributed by atoms with Gasteiger partial charge < -0.3 is 11.1 Å². The lowest BCUT2D eigenvalue weighted by Crippen LogP contribution is -2.35. The van der Waals surface area contributed by atoms with Gasteiger partial charge in [-0.05, 0) is 31.5 Å². The van der Waals surface area contributed by atoms with Crippen molar-refractivity contribution >= 4 is 11.5 Å². The maximum absolute atomic E-state index is 12.0. The Hall–Kier alpha value is -2.34. The lowest BCUT2D eigenvalue weighted by Gasteiger charge is -2.08.